The molecule has 0 aliphatic carbocycles. The minimum absolute atomic E-state index is 0.631. The molecule has 0 atom stereocenters. The van der Waals surface area contributed by atoms with E-state index in [2.05, 4.69) is 23.2 Å². The van der Waals surface area contributed by atoms with Crippen molar-refractivity contribution in [2.24, 2.45) is 4.99 Å². The number of hydrogen-bond donors (Lipinski definition) is 0. The predicted molar refractivity (Wildman–Crippen MR) is 94.5 cm³/mol. The zero-order valence-electron chi connectivity index (χ0n) is 12.5. The Hall–Kier alpha value is -3.13. The second-order valence-corrected chi connectivity index (χ2v) is 5.32. The van der Waals surface area contributed by atoms with Gasteiger partial charge < -0.3 is 4.74 Å². The van der Waals surface area contributed by atoms with E-state index in [1.165, 1.54) is 0 Å². The molecule has 0 saturated carbocycles. The van der Waals surface area contributed by atoms with Gasteiger partial charge in [-0.3, -0.25) is 0 Å². The summed E-state index contributed by atoms with van der Waals surface area (Å²) in [6, 6.07) is 28.2. The molecular formula is C21H15NO. The number of hydrogen-bond acceptors (Lipinski definition) is 2. The Morgan fingerprint density at radius 2 is 1.35 bits per heavy atom. The van der Waals surface area contributed by atoms with Crippen molar-refractivity contribution in [3.05, 3.63) is 102 Å². The van der Waals surface area contributed by atoms with Crippen molar-refractivity contribution in [2.45, 2.75) is 0 Å². The summed E-state index contributed by atoms with van der Waals surface area (Å²) in [5, 5.41) is 0. The van der Waals surface area contributed by atoms with Crippen LogP contribution in [-0.4, -0.2) is 5.90 Å². The fourth-order valence-electron chi connectivity index (χ4n) is 2.58. The first-order chi connectivity index (χ1) is 11.4. The Balaban J connectivity index is 1.83. The minimum Gasteiger partial charge on any atom is -0.438 e. The topological polar surface area (TPSA) is 21.6 Å². The van der Waals surface area contributed by atoms with E-state index in [4.69, 9.17) is 4.74 Å². The summed E-state index contributed by atoms with van der Waals surface area (Å²) in [7, 11) is 0. The van der Waals surface area contributed by atoms with Gasteiger partial charge in [0.25, 0.3) is 0 Å². The van der Waals surface area contributed by atoms with E-state index < -0.39 is 0 Å². The summed E-state index contributed by atoms with van der Waals surface area (Å²) in [5.41, 5.74) is 4.02. The molecule has 0 saturated heterocycles. The first kappa shape index (κ1) is 13.5. The average Bonchev–Trinajstić information content (AvgIpc) is 2.63. The van der Waals surface area contributed by atoms with Crippen LogP contribution in [0.2, 0.25) is 0 Å². The third-order valence-electron chi connectivity index (χ3n) is 3.72. The predicted octanol–water partition coefficient (Wildman–Crippen LogP) is 5.29. The van der Waals surface area contributed by atoms with Crippen LogP contribution in [-0.2, 0) is 4.74 Å². The van der Waals surface area contributed by atoms with Crippen molar-refractivity contribution >= 4 is 23.4 Å². The first-order valence-corrected chi connectivity index (χ1v) is 7.58. The Bertz CT molecular complexity index is 880. The molecule has 2 nitrogen and oxygen atoms in total. The molecule has 3 aromatic carbocycles. The fourth-order valence-corrected chi connectivity index (χ4v) is 2.58. The Morgan fingerprint density at radius 1 is 0.696 bits per heavy atom. The van der Waals surface area contributed by atoms with E-state index in [9.17, 15) is 0 Å². The molecule has 0 N–H and O–H groups in total. The van der Waals surface area contributed by atoms with Gasteiger partial charge >= 0.3 is 0 Å². The summed E-state index contributed by atoms with van der Waals surface area (Å²) in [5.74, 6) is 1.45. The van der Waals surface area contributed by atoms with Crippen LogP contribution in [0.25, 0.3) is 11.8 Å². The molecule has 0 aromatic heterocycles. The van der Waals surface area contributed by atoms with Crippen molar-refractivity contribution in [2.75, 3.05) is 0 Å². The summed E-state index contributed by atoms with van der Waals surface area (Å²) >= 11 is 0. The maximum atomic E-state index is 6.11. The third kappa shape index (κ3) is 2.79. The van der Waals surface area contributed by atoms with Crippen LogP contribution in [0.1, 0.15) is 16.7 Å². The first-order valence-electron chi connectivity index (χ1n) is 7.58. The molecule has 0 amide bonds. The Kier molecular flexibility index (Phi) is 3.49. The number of benzene rings is 3. The van der Waals surface area contributed by atoms with Gasteiger partial charge in [0.1, 0.15) is 5.76 Å². The van der Waals surface area contributed by atoms with E-state index >= 15 is 0 Å². The lowest BCUT2D eigenvalue weighted by Gasteiger charge is -2.19. The van der Waals surface area contributed by atoms with E-state index in [0.717, 1.165) is 28.1 Å². The number of para-hydroxylation sites is 1. The highest BCUT2D eigenvalue weighted by atomic mass is 16.5. The molecule has 4 rings (SSSR count). The lowest BCUT2D eigenvalue weighted by Crippen LogP contribution is -2.10. The zero-order valence-corrected chi connectivity index (χ0v) is 12.5. The number of nitrogens with zero attached hydrogens (tertiary/aromatic N) is 1. The third-order valence-corrected chi connectivity index (χ3v) is 3.72. The van der Waals surface area contributed by atoms with E-state index in [1.807, 2.05) is 72.8 Å². The Morgan fingerprint density at radius 3 is 2.13 bits per heavy atom. The monoisotopic (exact) mass is 297 g/mol. The second kappa shape index (κ2) is 5.93. The van der Waals surface area contributed by atoms with Crippen molar-refractivity contribution in [1.82, 2.24) is 0 Å². The molecule has 0 unspecified atom stereocenters. The lowest BCUT2D eigenvalue weighted by molar-refractivity contribution is 0.507. The van der Waals surface area contributed by atoms with Crippen molar-refractivity contribution in [3.8, 4) is 0 Å². The molecule has 1 heterocycles. The standard InChI is InChI=1S/C21H15NO/c1-3-9-16(10-4-1)15-20-18-13-7-8-14-19(18)22-21(23-20)17-11-5-2-6-12-17/h1-15H/b20-15+. The molecule has 110 valence electrons. The molecule has 2 heteroatoms. The van der Waals surface area contributed by atoms with Crippen molar-refractivity contribution < 1.29 is 4.74 Å². The number of fused-ring (bicyclic) bond motifs is 1. The summed E-state index contributed by atoms with van der Waals surface area (Å²) in [6.45, 7) is 0. The molecule has 3 aromatic rings. The molecule has 0 spiro atoms. The van der Waals surface area contributed by atoms with Crippen LogP contribution in [0, 0.1) is 0 Å². The highest BCUT2D eigenvalue weighted by molar-refractivity contribution is 6.04. The van der Waals surface area contributed by atoms with Gasteiger partial charge in [0.15, 0.2) is 0 Å². The number of rotatable bonds is 2. The maximum absolute atomic E-state index is 6.11. The van der Waals surface area contributed by atoms with Crippen LogP contribution in [0.5, 0.6) is 0 Å². The molecule has 1 aliphatic rings. The normalized spacial score (nSPS) is 14.8. The van der Waals surface area contributed by atoms with Crippen molar-refractivity contribution in [3.63, 3.8) is 0 Å². The number of ether oxygens (including phenoxy) is 1. The van der Waals surface area contributed by atoms with Gasteiger partial charge in [-0.05, 0) is 35.9 Å². The quantitative estimate of drug-likeness (QED) is 0.629. The van der Waals surface area contributed by atoms with Crippen LogP contribution in [0.3, 0.4) is 0 Å². The van der Waals surface area contributed by atoms with Gasteiger partial charge in [0.05, 0.1) is 5.69 Å². The van der Waals surface area contributed by atoms with E-state index in [-0.39, 0.29) is 0 Å². The minimum atomic E-state index is 0.631. The van der Waals surface area contributed by atoms with Crippen LogP contribution in [0.15, 0.2) is 89.9 Å². The summed E-state index contributed by atoms with van der Waals surface area (Å²) in [6.07, 6.45) is 2.05. The number of aliphatic imine (C=N–C) groups is 1. The highest BCUT2D eigenvalue weighted by Gasteiger charge is 2.19. The molecule has 23 heavy (non-hydrogen) atoms. The van der Waals surface area contributed by atoms with Gasteiger partial charge in [0.2, 0.25) is 5.90 Å². The van der Waals surface area contributed by atoms with Gasteiger partial charge in [-0.1, -0.05) is 60.7 Å². The molecular weight excluding hydrogens is 282 g/mol. The van der Waals surface area contributed by atoms with Gasteiger partial charge in [0, 0.05) is 11.1 Å². The second-order valence-electron chi connectivity index (χ2n) is 5.32. The smallest absolute Gasteiger partial charge is 0.227 e. The van der Waals surface area contributed by atoms with E-state index in [0.29, 0.717) is 5.90 Å². The molecule has 1 aliphatic heterocycles. The van der Waals surface area contributed by atoms with Gasteiger partial charge in [-0.2, -0.15) is 0 Å². The van der Waals surface area contributed by atoms with Gasteiger partial charge in [-0.15, -0.1) is 0 Å². The SMILES string of the molecule is C(=C1\OC(c2ccccc2)=Nc2ccccc21)/c1ccccc1. The highest BCUT2D eigenvalue weighted by Crippen LogP contribution is 2.34. The summed E-state index contributed by atoms with van der Waals surface area (Å²) in [4.78, 5) is 4.66. The van der Waals surface area contributed by atoms with Crippen LogP contribution >= 0.6 is 0 Å². The fraction of sp³-hybridized carbons (Fsp3) is 0. The molecule has 0 fully saturated rings. The van der Waals surface area contributed by atoms with Gasteiger partial charge in [-0.25, -0.2) is 4.99 Å². The maximum Gasteiger partial charge on any atom is 0.227 e. The lowest BCUT2D eigenvalue weighted by atomic mass is 10.1. The zero-order chi connectivity index (χ0) is 15.5. The Labute approximate surface area is 135 Å². The van der Waals surface area contributed by atoms with Crippen LogP contribution in [0.4, 0.5) is 5.69 Å². The molecule has 0 radical (unpaired) electrons. The van der Waals surface area contributed by atoms with Crippen LogP contribution < -0.4 is 0 Å². The van der Waals surface area contributed by atoms with Crippen molar-refractivity contribution in [1.29, 1.82) is 0 Å². The van der Waals surface area contributed by atoms with E-state index in [1.54, 1.807) is 0 Å². The summed E-state index contributed by atoms with van der Waals surface area (Å²) < 4.78 is 6.11. The average molecular weight is 297 g/mol. The largest absolute Gasteiger partial charge is 0.438 e. The molecule has 0 bridgehead atoms.